The van der Waals surface area contributed by atoms with Crippen molar-refractivity contribution in [3.05, 3.63) is 0 Å². The lowest BCUT2D eigenvalue weighted by Crippen LogP contribution is -2.43. The van der Waals surface area contributed by atoms with Crippen LogP contribution in [0.15, 0.2) is 0 Å². The molecule has 3 rings (SSSR count). The van der Waals surface area contributed by atoms with Gasteiger partial charge in [0.05, 0.1) is 12.2 Å². The maximum absolute atomic E-state index is 6.15. The fraction of sp³-hybridized carbons (Fsp3) is 1.00. The monoisotopic (exact) mass is 209 g/mol. The van der Waals surface area contributed by atoms with Crippen molar-refractivity contribution in [2.75, 3.05) is 13.2 Å². The lowest BCUT2D eigenvalue weighted by Gasteiger charge is -2.42. The summed E-state index contributed by atoms with van der Waals surface area (Å²) in [6, 6.07) is 0.852. The van der Waals surface area contributed by atoms with Crippen LogP contribution in [0.1, 0.15) is 51.4 Å². The van der Waals surface area contributed by atoms with Crippen LogP contribution in [-0.2, 0) is 4.74 Å². The molecule has 0 aliphatic heterocycles. The van der Waals surface area contributed by atoms with Gasteiger partial charge in [-0.3, -0.25) is 0 Å². The Kier molecular flexibility index (Phi) is 2.73. The van der Waals surface area contributed by atoms with Crippen LogP contribution in [-0.4, -0.2) is 24.8 Å². The number of nitrogens with one attached hydrogen (secondary N) is 1. The summed E-state index contributed by atoms with van der Waals surface area (Å²) in [5.41, 5.74) is 0.296. The van der Waals surface area contributed by atoms with E-state index < -0.39 is 0 Å². The normalized spacial score (nSPS) is 28.8. The van der Waals surface area contributed by atoms with Crippen molar-refractivity contribution >= 4 is 0 Å². The maximum atomic E-state index is 6.15. The zero-order valence-corrected chi connectivity index (χ0v) is 9.63. The predicted octanol–water partition coefficient (Wildman–Crippen LogP) is 2.48. The quantitative estimate of drug-likeness (QED) is 0.695. The first kappa shape index (κ1) is 10.1. The van der Waals surface area contributed by atoms with E-state index in [9.17, 15) is 0 Å². The summed E-state index contributed by atoms with van der Waals surface area (Å²) in [6.07, 6.45) is 10.9. The van der Waals surface area contributed by atoms with E-state index in [2.05, 4.69) is 5.32 Å². The first-order chi connectivity index (χ1) is 7.36. The third-order valence-electron chi connectivity index (χ3n) is 4.18. The van der Waals surface area contributed by atoms with Gasteiger partial charge in [-0.25, -0.2) is 0 Å². The van der Waals surface area contributed by atoms with Gasteiger partial charge < -0.3 is 10.1 Å². The van der Waals surface area contributed by atoms with Crippen molar-refractivity contribution in [1.29, 1.82) is 0 Å². The van der Waals surface area contributed by atoms with Crippen LogP contribution in [0.5, 0.6) is 0 Å². The average Bonchev–Trinajstić information content (AvgIpc) is 2.99. The number of hydrogen-bond acceptors (Lipinski definition) is 2. The summed E-state index contributed by atoms with van der Waals surface area (Å²) >= 11 is 0. The van der Waals surface area contributed by atoms with Crippen LogP contribution < -0.4 is 5.32 Å². The molecule has 0 radical (unpaired) electrons. The molecule has 3 fully saturated rings. The van der Waals surface area contributed by atoms with Gasteiger partial charge in [-0.2, -0.15) is 0 Å². The van der Waals surface area contributed by atoms with Gasteiger partial charge in [0.2, 0.25) is 0 Å². The second-order valence-corrected chi connectivity index (χ2v) is 5.77. The van der Waals surface area contributed by atoms with E-state index in [0.29, 0.717) is 5.60 Å². The van der Waals surface area contributed by atoms with Crippen LogP contribution in [0.4, 0.5) is 0 Å². The van der Waals surface area contributed by atoms with Crippen molar-refractivity contribution in [3.8, 4) is 0 Å². The highest BCUT2D eigenvalue weighted by Crippen LogP contribution is 2.41. The molecule has 0 heterocycles. The van der Waals surface area contributed by atoms with Crippen molar-refractivity contribution < 1.29 is 4.74 Å². The molecule has 0 saturated heterocycles. The van der Waals surface area contributed by atoms with E-state index in [1.165, 1.54) is 57.9 Å². The molecule has 0 aromatic carbocycles. The highest BCUT2D eigenvalue weighted by Gasteiger charge is 2.39. The van der Waals surface area contributed by atoms with E-state index in [1.54, 1.807) is 0 Å². The van der Waals surface area contributed by atoms with Crippen LogP contribution in [0.3, 0.4) is 0 Å². The third kappa shape index (κ3) is 2.73. The first-order valence-electron chi connectivity index (χ1n) is 6.74. The minimum atomic E-state index is 0.296. The Morgan fingerprint density at radius 3 is 2.47 bits per heavy atom. The molecule has 2 nitrogen and oxygen atoms in total. The second-order valence-electron chi connectivity index (χ2n) is 5.77. The summed E-state index contributed by atoms with van der Waals surface area (Å²) in [5, 5.41) is 3.60. The molecule has 0 aromatic heterocycles. The van der Waals surface area contributed by atoms with Crippen molar-refractivity contribution in [1.82, 2.24) is 5.32 Å². The van der Waals surface area contributed by atoms with Gasteiger partial charge in [0.1, 0.15) is 0 Å². The Labute approximate surface area is 92.8 Å². The maximum Gasteiger partial charge on any atom is 0.0694 e. The molecule has 0 aromatic rings. The van der Waals surface area contributed by atoms with Gasteiger partial charge in [0.15, 0.2) is 0 Å². The molecule has 86 valence electrons. The summed E-state index contributed by atoms with van der Waals surface area (Å²) in [6.45, 7) is 2.22. The van der Waals surface area contributed by atoms with Crippen molar-refractivity contribution in [2.24, 2.45) is 5.92 Å². The Hall–Kier alpha value is -0.0800. The SMILES string of the molecule is C1CC(CCNC2CC2)(OCC2CC2)C1. The van der Waals surface area contributed by atoms with Crippen LogP contribution in [0.2, 0.25) is 0 Å². The summed E-state index contributed by atoms with van der Waals surface area (Å²) in [7, 11) is 0. The molecule has 1 N–H and O–H groups in total. The molecule has 3 aliphatic carbocycles. The Bertz CT molecular complexity index is 217. The van der Waals surface area contributed by atoms with Crippen molar-refractivity contribution in [2.45, 2.75) is 63.0 Å². The zero-order chi connectivity index (χ0) is 10.1. The average molecular weight is 209 g/mol. The standard InChI is InChI=1S/C13H23NO/c1-6-13(7-1,15-10-11-2-3-11)8-9-14-12-4-5-12/h11-12,14H,1-10H2. The van der Waals surface area contributed by atoms with Gasteiger partial charge in [-0.15, -0.1) is 0 Å². The highest BCUT2D eigenvalue weighted by molar-refractivity contribution is 4.92. The number of ether oxygens (including phenoxy) is 1. The van der Waals surface area contributed by atoms with Crippen LogP contribution in [0.25, 0.3) is 0 Å². The van der Waals surface area contributed by atoms with Gasteiger partial charge >= 0.3 is 0 Å². The molecule has 0 bridgehead atoms. The fourth-order valence-corrected chi connectivity index (χ4v) is 2.41. The molecule has 3 aliphatic rings. The molecule has 15 heavy (non-hydrogen) atoms. The molecule has 0 spiro atoms. The van der Waals surface area contributed by atoms with Gasteiger partial charge in [0, 0.05) is 6.04 Å². The van der Waals surface area contributed by atoms with Gasteiger partial charge in [0.25, 0.3) is 0 Å². The van der Waals surface area contributed by atoms with E-state index in [-0.39, 0.29) is 0 Å². The van der Waals surface area contributed by atoms with E-state index in [4.69, 9.17) is 4.74 Å². The number of rotatable bonds is 7. The van der Waals surface area contributed by atoms with Crippen LogP contribution in [0, 0.1) is 5.92 Å². The molecule has 0 atom stereocenters. The lowest BCUT2D eigenvalue weighted by atomic mass is 9.77. The molecular weight excluding hydrogens is 186 g/mol. The highest BCUT2D eigenvalue weighted by atomic mass is 16.5. The molecule has 0 unspecified atom stereocenters. The van der Waals surface area contributed by atoms with E-state index in [1.807, 2.05) is 0 Å². The lowest BCUT2D eigenvalue weighted by molar-refractivity contribution is -0.108. The van der Waals surface area contributed by atoms with Gasteiger partial charge in [-0.05, 0) is 63.8 Å². The van der Waals surface area contributed by atoms with Crippen LogP contribution >= 0.6 is 0 Å². The second kappa shape index (κ2) is 4.06. The van der Waals surface area contributed by atoms with E-state index >= 15 is 0 Å². The Balaban J connectivity index is 1.37. The molecule has 2 heteroatoms. The van der Waals surface area contributed by atoms with Crippen molar-refractivity contribution in [3.63, 3.8) is 0 Å². The smallest absolute Gasteiger partial charge is 0.0694 e. The Morgan fingerprint density at radius 2 is 1.93 bits per heavy atom. The fourth-order valence-electron chi connectivity index (χ4n) is 2.41. The zero-order valence-electron chi connectivity index (χ0n) is 9.63. The molecule has 0 amide bonds. The minimum Gasteiger partial charge on any atom is -0.375 e. The minimum absolute atomic E-state index is 0.296. The largest absolute Gasteiger partial charge is 0.375 e. The third-order valence-corrected chi connectivity index (χ3v) is 4.18. The number of hydrogen-bond donors (Lipinski definition) is 1. The summed E-state index contributed by atoms with van der Waals surface area (Å²) < 4.78 is 6.15. The predicted molar refractivity (Wildman–Crippen MR) is 60.9 cm³/mol. The topological polar surface area (TPSA) is 21.3 Å². The van der Waals surface area contributed by atoms with E-state index in [0.717, 1.165) is 18.6 Å². The molecular formula is C13H23NO. The summed E-state index contributed by atoms with van der Waals surface area (Å²) in [5.74, 6) is 0.916. The summed E-state index contributed by atoms with van der Waals surface area (Å²) in [4.78, 5) is 0. The Morgan fingerprint density at radius 1 is 1.13 bits per heavy atom. The molecule has 3 saturated carbocycles. The van der Waals surface area contributed by atoms with Gasteiger partial charge in [-0.1, -0.05) is 0 Å². The first-order valence-corrected chi connectivity index (χ1v) is 6.74.